The molecule has 0 unspecified atom stereocenters. The third-order valence-corrected chi connectivity index (χ3v) is 5.68. The van der Waals surface area contributed by atoms with E-state index in [0.717, 1.165) is 30.0 Å². The molecule has 1 amide bonds. The van der Waals surface area contributed by atoms with Crippen LogP contribution in [0.2, 0.25) is 0 Å². The number of nitrogens with one attached hydrogen (secondary N) is 1. The lowest BCUT2D eigenvalue weighted by molar-refractivity contribution is -0.124. The van der Waals surface area contributed by atoms with Crippen molar-refractivity contribution in [2.45, 2.75) is 50.5 Å². The molecule has 26 heavy (non-hydrogen) atoms. The lowest BCUT2D eigenvalue weighted by Crippen LogP contribution is -2.35. The number of amides is 1. The van der Waals surface area contributed by atoms with E-state index in [1.165, 1.54) is 38.4 Å². The quantitative estimate of drug-likeness (QED) is 0.493. The van der Waals surface area contributed by atoms with Crippen LogP contribution in [0.15, 0.2) is 29.2 Å². The Morgan fingerprint density at radius 2 is 1.77 bits per heavy atom. The molecule has 0 aliphatic heterocycles. The van der Waals surface area contributed by atoms with E-state index < -0.39 is 16.0 Å². The molecular weight excluding hydrogens is 356 g/mol. The van der Waals surface area contributed by atoms with E-state index in [2.05, 4.69) is 12.2 Å². The molecule has 1 aromatic carbocycles. The molecule has 0 heterocycles. The first-order chi connectivity index (χ1) is 12.2. The molecule has 0 aliphatic rings. The van der Waals surface area contributed by atoms with E-state index in [0.29, 0.717) is 0 Å². The molecular formula is C18H28N2O5S. The Balaban J connectivity index is 2.52. The molecule has 146 valence electrons. The normalized spacial score (nSPS) is 12.7. The predicted octanol–water partition coefficient (Wildman–Crippen LogP) is 2.18. The molecule has 0 saturated heterocycles. The van der Waals surface area contributed by atoms with Crippen molar-refractivity contribution in [3.63, 3.8) is 0 Å². The SMILES string of the molecule is CCCCC[C@H](C)NC(=O)COC(=O)c1ccc(S(=O)(=O)N(C)C)cc1. The van der Waals surface area contributed by atoms with E-state index in [1.807, 2.05) is 6.92 Å². The van der Waals surface area contributed by atoms with Crippen LogP contribution in [0.25, 0.3) is 0 Å². The molecule has 1 atom stereocenters. The molecule has 0 spiro atoms. The van der Waals surface area contributed by atoms with Gasteiger partial charge in [0, 0.05) is 20.1 Å². The van der Waals surface area contributed by atoms with Crippen LogP contribution in [-0.2, 0) is 19.6 Å². The summed E-state index contributed by atoms with van der Waals surface area (Å²) in [6, 6.07) is 5.43. The first-order valence-corrected chi connectivity index (χ1v) is 10.1. The fraction of sp³-hybridized carbons (Fsp3) is 0.556. The number of rotatable bonds is 10. The Labute approximate surface area is 155 Å². The second-order valence-corrected chi connectivity index (χ2v) is 8.50. The molecule has 1 rings (SSSR count). The summed E-state index contributed by atoms with van der Waals surface area (Å²) in [5, 5.41) is 2.79. The molecule has 7 nitrogen and oxygen atoms in total. The van der Waals surface area contributed by atoms with Gasteiger partial charge in [0.25, 0.3) is 5.91 Å². The number of unbranched alkanes of at least 4 members (excludes halogenated alkanes) is 2. The summed E-state index contributed by atoms with van der Waals surface area (Å²) >= 11 is 0. The maximum absolute atomic E-state index is 12.0. The lowest BCUT2D eigenvalue weighted by Gasteiger charge is -2.14. The monoisotopic (exact) mass is 384 g/mol. The van der Waals surface area contributed by atoms with Gasteiger partial charge in [0.15, 0.2) is 6.61 Å². The van der Waals surface area contributed by atoms with Crippen molar-refractivity contribution in [1.82, 2.24) is 9.62 Å². The Morgan fingerprint density at radius 3 is 2.31 bits per heavy atom. The van der Waals surface area contributed by atoms with E-state index in [-0.39, 0.29) is 29.0 Å². The third kappa shape index (κ3) is 6.76. The number of carbonyl (C=O) groups is 2. The highest BCUT2D eigenvalue weighted by Crippen LogP contribution is 2.14. The topological polar surface area (TPSA) is 92.8 Å². The summed E-state index contributed by atoms with van der Waals surface area (Å²) in [4.78, 5) is 23.9. The Kier molecular flexibility index (Phi) is 8.74. The fourth-order valence-electron chi connectivity index (χ4n) is 2.28. The van der Waals surface area contributed by atoms with Gasteiger partial charge in [-0.1, -0.05) is 26.2 Å². The van der Waals surface area contributed by atoms with Crippen molar-refractivity contribution < 1.29 is 22.7 Å². The van der Waals surface area contributed by atoms with Gasteiger partial charge < -0.3 is 10.1 Å². The van der Waals surface area contributed by atoms with Gasteiger partial charge in [0.05, 0.1) is 10.5 Å². The molecule has 1 N–H and O–H groups in total. The van der Waals surface area contributed by atoms with Crippen LogP contribution in [0.1, 0.15) is 49.9 Å². The highest BCUT2D eigenvalue weighted by atomic mass is 32.2. The summed E-state index contributed by atoms with van der Waals surface area (Å²) in [5.41, 5.74) is 0.187. The minimum Gasteiger partial charge on any atom is -0.452 e. The zero-order valence-electron chi connectivity index (χ0n) is 15.8. The number of ether oxygens (including phenoxy) is 1. The smallest absolute Gasteiger partial charge is 0.338 e. The Bertz CT molecular complexity index is 699. The largest absolute Gasteiger partial charge is 0.452 e. The standard InChI is InChI=1S/C18H28N2O5S/c1-5-6-7-8-14(2)19-17(21)13-25-18(22)15-9-11-16(12-10-15)26(23,24)20(3)4/h9-12,14H,5-8,13H2,1-4H3,(H,19,21)/t14-/m0/s1. The van der Waals surface area contributed by atoms with Gasteiger partial charge in [-0.2, -0.15) is 0 Å². The van der Waals surface area contributed by atoms with E-state index in [9.17, 15) is 18.0 Å². The van der Waals surface area contributed by atoms with Crippen LogP contribution in [0.4, 0.5) is 0 Å². The number of esters is 1. The number of carbonyl (C=O) groups excluding carboxylic acids is 2. The minimum atomic E-state index is -3.55. The van der Waals surface area contributed by atoms with Crippen molar-refractivity contribution in [1.29, 1.82) is 0 Å². The number of hydrogen-bond donors (Lipinski definition) is 1. The first-order valence-electron chi connectivity index (χ1n) is 8.67. The zero-order chi connectivity index (χ0) is 19.7. The molecule has 0 bridgehead atoms. The maximum Gasteiger partial charge on any atom is 0.338 e. The summed E-state index contributed by atoms with van der Waals surface area (Å²) in [7, 11) is -0.691. The van der Waals surface area contributed by atoms with Crippen LogP contribution in [0, 0.1) is 0 Å². The van der Waals surface area contributed by atoms with Gasteiger partial charge in [-0.15, -0.1) is 0 Å². The van der Waals surface area contributed by atoms with Gasteiger partial charge in [-0.25, -0.2) is 17.5 Å². The molecule has 8 heteroatoms. The minimum absolute atomic E-state index is 0.0308. The van der Waals surface area contributed by atoms with Crippen LogP contribution in [-0.4, -0.2) is 51.3 Å². The summed E-state index contributed by atoms with van der Waals surface area (Å²) < 4.78 is 30.0. The molecule has 0 aromatic heterocycles. The molecule has 0 radical (unpaired) electrons. The van der Waals surface area contributed by atoms with Crippen LogP contribution >= 0.6 is 0 Å². The van der Waals surface area contributed by atoms with Crippen molar-refractivity contribution in [2.24, 2.45) is 0 Å². The number of sulfonamides is 1. The molecule has 0 aliphatic carbocycles. The predicted molar refractivity (Wildman–Crippen MR) is 99.3 cm³/mol. The second kappa shape index (κ2) is 10.3. The van der Waals surface area contributed by atoms with Crippen LogP contribution < -0.4 is 5.32 Å². The number of nitrogens with zero attached hydrogens (tertiary/aromatic N) is 1. The Morgan fingerprint density at radius 1 is 1.15 bits per heavy atom. The maximum atomic E-state index is 12.0. The number of benzene rings is 1. The Hall–Kier alpha value is -1.93. The van der Waals surface area contributed by atoms with Crippen LogP contribution in [0.5, 0.6) is 0 Å². The fourth-order valence-corrected chi connectivity index (χ4v) is 3.18. The van der Waals surface area contributed by atoms with Crippen LogP contribution in [0.3, 0.4) is 0 Å². The van der Waals surface area contributed by atoms with Gasteiger partial charge >= 0.3 is 5.97 Å². The molecule has 0 saturated carbocycles. The van der Waals surface area contributed by atoms with E-state index in [1.54, 1.807) is 0 Å². The first kappa shape index (κ1) is 22.1. The summed E-state index contributed by atoms with van der Waals surface area (Å²) in [5.74, 6) is -1.03. The van der Waals surface area contributed by atoms with Gasteiger partial charge in [-0.05, 0) is 37.6 Å². The van der Waals surface area contributed by atoms with Gasteiger partial charge in [0.2, 0.25) is 10.0 Å². The summed E-state index contributed by atoms with van der Waals surface area (Å²) in [6.45, 7) is 3.67. The lowest BCUT2D eigenvalue weighted by atomic mass is 10.1. The van der Waals surface area contributed by atoms with E-state index >= 15 is 0 Å². The molecule has 1 aromatic rings. The van der Waals surface area contributed by atoms with Crippen molar-refractivity contribution in [3.8, 4) is 0 Å². The highest BCUT2D eigenvalue weighted by molar-refractivity contribution is 7.89. The highest BCUT2D eigenvalue weighted by Gasteiger charge is 2.18. The molecule has 0 fully saturated rings. The third-order valence-electron chi connectivity index (χ3n) is 3.85. The summed E-state index contributed by atoms with van der Waals surface area (Å²) in [6.07, 6.45) is 4.16. The van der Waals surface area contributed by atoms with Crippen molar-refractivity contribution >= 4 is 21.9 Å². The van der Waals surface area contributed by atoms with Crippen molar-refractivity contribution in [3.05, 3.63) is 29.8 Å². The zero-order valence-corrected chi connectivity index (χ0v) is 16.6. The average molecular weight is 384 g/mol. The van der Waals surface area contributed by atoms with E-state index in [4.69, 9.17) is 4.74 Å². The number of hydrogen-bond acceptors (Lipinski definition) is 5. The second-order valence-electron chi connectivity index (χ2n) is 6.35. The van der Waals surface area contributed by atoms with Gasteiger partial charge in [-0.3, -0.25) is 4.79 Å². The van der Waals surface area contributed by atoms with Crippen molar-refractivity contribution in [2.75, 3.05) is 20.7 Å². The van der Waals surface area contributed by atoms with Gasteiger partial charge in [0.1, 0.15) is 0 Å². The average Bonchev–Trinajstić information content (AvgIpc) is 2.59.